The van der Waals surface area contributed by atoms with E-state index in [0.717, 1.165) is 62.4 Å². The largest absolute Gasteiger partial charge is 0.504 e. The molecule has 0 amide bonds. The molecule has 1 atom stereocenters. The molecule has 0 fully saturated rings. The number of phenols is 1. The number of phenolic OH excluding ortho intramolecular Hbond substituents is 1. The van der Waals surface area contributed by atoms with Crippen molar-refractivity contribution >= 4 is 12.4 Å². The van der Waals surface area contributed by atoms with Crippen LogP contribution >= 0.6 is 12.4 Å². The highest BCUT2D eigenvalue weighted by atomic mass is 35.5. The molecule has 4 rings (SSSR count). The third kappa shape index (κ3) is 4.00. The van der Waals surface area contributed by atoms with Gasteiger partial charge in [0.15, 0.2) is 23.0 Å². The maximum Gasteiger partial charge on any atom is 0.169 e. The monoisotopic (exact) mass is 462 g/mol. The molecule has 6 nitrogen and oxygen atoms in total. The number of hydrogen-bond donors (Lipinski definition) is 1. The molecule has 32 heavy (non-hydrogen) atoms. The second kappa shape index (κ2) is 10.2. The molecule has 1 heterocycles. The number of aromatic hydroxyl groups is 1. The molecule has 2 aromatic rings. The fraction of sp³-hybridized carbons (Fsp3) is 0.520. The first-order valence-corrected chi connectivity index (χ1v) is 11.2. The zero-order chi connectivity index (χ0) is 22.1. The molecule has 0 saturated carbocycles. The predicted octanol–water partition coefficient (Wildman–Crippen LogP) is 4.30. The lowest BCUT2D eigenvalue weighted by atomic mass is 9.76. The van der Waals surface area contributed by atoms with Gasteiger partial charge in [0.1, 0.15) is 0 Å². The van der Waals surface area contributed by atoms with Gasteiger partial charge in [0.25, 0.3) is 0 Å². The highest BCUT2D eigenvalue weighted by Crippen LogP contribution is 2.56. The average Bonchev–Trinajstić information content (AvgIpc) is 2.80. The molecule has 2 aromatic carbocycles. The van der Waals surface area contributed by atoms with Crippen LogP contribution in [0.2, 0.25) is 0 Å². The van der Waals surface area contributed by atoms with E-state index >= 15 is 0 Å². The van der Waals surface area contributed by atoms with Crippen LogP contribution in [0.5, 0.6) is 23.0 Å². The van der Waals surface area contributed by atoms with Crippen molar-refractivity contribution in [2.75, 3.05) is 54.1 Å². The smallest absolute Gasteiger partial charge is 0.169 e. The van der Waals surface area contributed by atoms with Crippen molar-refractivity contribution in [3.63, 3.8) is 0 Å². The van der Waals surface area contributed by atoms with Gasteiger partial charge in [-0.05, 0) is 54.8 Å². The van der Waals surface area contributed by atoms with E-state index in [-0.39, 0.29) is 24.2 Å². The third-order valence-electron chi connectivity index (χ3n) is 6.93. The standard InChI is InChI=1S/C25H34N2O4.ClH/c1-6-26(7-2)12-13-27-11-10-17-15-20(29-3)25(31-5)23-21(17)18(27)14-16-8-9-19(28)24(30-4)22(16)23;/h8-9,15,18,28H,6-7,10-14H2,1-5H3;1H/t18-;/m0./s1. The minimum Gasteiger partial charge on any atom is -0.504 e. The first kappa shape index (κ1) is 24.5. The summed E-state index contributed by atoms with van der Waals surface area (Å²) in [5.41, 5.74) is 5.69. The quantitative estimate of drug-likeness (QED) is 0.631. The van der Waals surface area contributed by atoms with Crippen LogP contribution in [0.25, 0.3) is 11.1 Å². The molecule has 176 valence electrons. The molecule has 1 aliphatic heterocycles. The minimum atomic E-state index is 0. The lowest BCUT2D eigenvalue weighted by Gasteiger charge is -2.43. The predicted molar refractivity (Wildman–Crippen MR) is 130 cm³/mol. The van der Waals surface area contributed by atoms with Crippen molar-refractivity contribution in [2.45, 2.75) is 32.7 Å². The molecule has 0 radical (unpaired) electrons. The van der Waals surface area contributed by atoms with Crippen molar-refractivity contribution in [3.8, 4) is 34.1 Å². The van der Waals surface area contributed by atoms with Gasteiger partial charge in [-0.2, -0.15) is 0 Å². The third-order valence-corrected chi connectivity index (χ3v) is 6.93. The van der Waals surface area contributed by atoms with Crippen molar-refractivity contribution in [2.24, 2.45) is 0 Å². The van der Waals surface area contributed by atoms with Gasteiger partial charge in [-0.3, -0.25) is 4.90 Å². The number of benzene rings is 2. The Morgan fingerprint density at radius 1 is 1.00 bits per heavy atom. The van der Waals surface area contributed by atoms with Crippen molar-refractivity contribution in [1.82, 2.24) is 9.80 Å². The summed E-state index contributed by atoms with van der Waals surface area (Å²) in [6.45, 7) is 9.71. The van der Waals surface area contributed by atoms with Gasteiger partial charge in [0.2, 0.25) is 0 Å². The van der Waals surface area contributed by atoms with E-state index in [4.69, 9.17) is 14.2 Å². The van der Waals surface area contributed by atoms with Crippen LogP contribution < -0.4 is 14.2 Å². The highest BCUT2D eigenvalue weighted by Gasteiger charge is 2.39. The summed E-state index contributed by atoms with van der Waals surface area (Å²) in [6, 6.07) is 6.16. The van der Waals surface area contributed by atoms with Crippen molar-refractivity contribution in [1.29, 1.82) is 0 Å². The molecule has 0 aromatic heterocycles. The van der Waals surface area contributed by atoms with Gasteiger partial charge in [-0.1, -0.05) is 19.9 Å². The van der Waals surface area contributed by atoms with Crippen LogP contribution in [0.15, 0.2) is 18.2 Å². The Morgan fingerprint density at radius 2 is 1.72 bits per heavy atom. The van der Waals surface area contributed by atoms with E-state index in [2.05, 4.69) is 29.7 Å². The lowest BCUT2D eigenvalue weighted by molar-refractivity contribution is 0.153. The minimum absolute atomic E-state index is 0. The van der Waals surface area contributed by atoms with Crippen LogP contribution in [0.3, 0.4) is 0 Å². The van der Waals surface area contributed by atoms with E-state index in [0.29, 0.717) is 11.5 Å². The normalized spacial score (nSPS) is 16.8. The second-order valence-corrected chi connectivity index (χ2v) is 8.24. The second-order valence-electron chi connectivity index (χ2n) is 8.24. The first-order chi connectivity index (χ1) is 15.1. The number of rotatable bonds is 8. The van der Waals surface area contributed by atoms with Crippen molar-refractivity contribution < 1.29 is 19.3 Å². The molecule has 0 saturated heterocycles. The molecule has 0 unspecified atom stereocenters. The fourth-order valence-electron chi connectivity index (χ4n) is 5.28. The summed E-state index contributed by atoms with van der Waals surface area (Å²) in [5, 5.41) is 10.5. The number of ether oxygens (including phenoxy) is 3. The number of halogens is 1. The zero-order valence-electron chi connectivity index (χ0n) is 19.7. The SMILES string of the molecule is CCN(CC)CCN1CCc2cc(OC)c(OC)c3c2[C@@H]1Cc1ccc(O)c(OC)c1-3.Cl. The van der Waals surface area contributed by atoms with E-state index < -0.39 is 0 Å². The summed E-state index contributed by atoms with van der Waals surface area (Å²) in [7, 11) is 4.97. The summed E-state index contributed by atoms with van der Waals surface area (Å²) < 4.78 is 17.3. The molecule has 0 spiro atoms. The number of methoxy groups -OCH3 is 3. The lowest BCUT2D eigenvalue weighted by Crippen LogP contribution is -2.42. The van der Waals surface area contributed by atoms with Gasteiger partial charge in [0, 0.05) is 36.8 Å². The van der Waals surface area contributed by atoms with Gasteiger partial charge in [-0.25, -0.2) is 0 Å². The summed E-state index contributed by atoms with van der Waals surface area (Å²) in [6.07, 6.45) is 1.85. The number of likely N-dealkylation sites (N-methyl/N-ethyl adjacent to an activating group) is 1. The Hall–Kier alpha value is -2.15. The summed E-state index contributed by atoms with van der Waals surface area (Å²) in [5.74, 6) is 2.09. The maximum atomic E-state index is 10.5. The van der Waals surface area contributed by atoms with Crippen molar-refractivity contribution in [3.05, 3.63) is 34.9 Å². The fourth-order valence-corrected chi connectivity index (χ4v) is 5.28. The van der Waals surface area contributed by atoms with Crippen LogP contribution in [0.1, 0.15) is 36.6 Å². The van der Waals surface area contributed by atoms with Crippen LogP contribution in [-0.2, 0) is 12.8 Å². The van der Waals surface area contributed by atoms with Gasteiger partial charge in [-0.15, -0.1) is 12.4 Å². The number of fused-ring (bicyclic) bond motifs is 2. The van der Waals surface area contributed by atoms with Crippen LogP contribution in [0.4, 0.5) is 0 Å². The molecule has 2 aliphatic rings. The molecule has 0 bridgehead atoms. The summed E-state index contributed by atoms with van der Waals surface area (Å²) in [4.78, 5) is 5.08. The van der Waals surface area contributed by atoms with Crippen LogP contribution in [0, 0.1) is 0 Å². The molecular formula is C25H35ClN2O4. The van der Waals surface area contributed by atoms with E-state index in [1.54, 1.807) is 27.4 Å². The van der Waals surface area contributed by atoms with E-state index in [9.17, 15) is 5.11 Å². The Balaban J connectivity index is 0.00000289. The zero-order valence-corrected chi connectivity index (χ0v) is 20.6. The number of nitrogens with zero attached hydrogens (tertiary/aromatic N) is 2. The van der Waals surface area contributed by atoms with Crippen LogP contribution in [-0.4, -0.2) is 69.0 Å². The Labute approximate surface area is 197 Å². The highest BCUT2D eigenvalue weighted by molar-refractivity contribution is 5.88. The Kier molecular flexibility index (Phi) is 7.80. The maximum absolute atomic E-state index is 10.5. The summed E-state index contributed by atoms with van der Waals surface area (Å²) >= 11 is 0. The van der Waals surface area contributed by atoms with Gasteiger partial charge < -0.3 is 24.2 Å². The van der Waals surface area contributed by atoms with Gasteiger partial charge >= 0.3 is 0 Å². The topological polar surface area (TPSA) is 54.4 Å². The van der Waals surface area contributed by atoms with Gasteiger partial charge in [0.05, 0.1) is 21.3 Å². The first-order valence-electron chi connectivity index (χ1n) is 11.2. The Morgan fingerprint density at radius 3 is 2.34 bits per heavy atom. The Bertz CT molecular complexity index is 962. The van der Waals surface area contributed by atoms with E-state index in [1.165, 1.54) is 16.7 Å². The molecular weight excluding hydrogens is 428 g/mol. The van der Waals surface area contributed by atoms with E-state index in [1.807, 2.05) is 6.07 Å². The average molecular weight is 463 g/mol. The molecule has 7 heteroatoms. The molecule has 1 N–H and O–H groups in total. The number of hydrogen-bond acceptors (Lipinski definition) is 6. The molecule has 1 aliphatic carbocycles.